The van der Waals surface area contributed by atoms with Crippen LogP contribution in [0.2, 0.25) is 0 Å². The number of carbonyl (C=O) groups is 1. The van der Waals surface area contributed by atoms with Crippen LogP contribution < -0.4 is 10.6 Å². The van der Waals surface area contributed by atoms with Gasteiger partial charge < -0.3 is 15.4 Å². The van der Waals surface area contributed by atoms with Crippen LogP contribution in [0.3, 0.4) is 0 Å². The van der Waals surface area contributed by atoms with Crippen LogP contribution >= 0.6 is 11.3 Å². The summed E-state index contributed by atoms with van der Waals surface area (Å²) in [5.74, 6) is 0. The first-order valence-corrected chi connectivity index (χ1v) is 8.03. The summed E-state index contributed by atoms with van der Waals surface area (Å²) in [7, 11) is 0. The third kappa shape index (κ3) is 4.76. The number of urea groups is 1. The second kappa shape index (κ2) is 7.59. The van der Waals surface area contributed by atoms with Crippen LogP contribution in [0, 0.1) is 13.8 Å². The van der Waals surface area contributed by atoms with Crippen LogP contribution in [0.5, 0.6) is 0 Å². The first-order valence-electron chi connectivity index (χ1n) is 7.21. The monoisotopic (exact) mass is 297 g/mol. The predicted molar refractivity (Wildman–Crippen MR) is 80.3 cm³/mol. The van der Waals surface area contributed by atoms with E-state index in [4.69, 9.17) is 4.74 Å². The maximum Gasteiger partial charge on any atom is 0.314 e. The lowest BCUT2D eigenvalue weighted by molar-refractivity contribution is 0.104. The van der Waals surface area contributed by atoms with E-state index in [1.807, 2.05) is 13.8 Å². The molecule has 1 aliphatic rings. The number of hydrogen-bond donors (Lipinski definition) is 2. The summed E-state index contributed by atoms with van der Waals surface area (Å²) in [6.45, 7) is 6.21. The van der Waals surface area contributed by atoms with E-state index < -0.39 is 0 Å². The first-order chi connectivity index (χ1) is 9.65. The Kier molecular flexibility index (Phi) is 5.79. The number of ether oxygens (including phenoxy) is 1. The maximum absolute atomic E-state index is 11.6. The molecule has 0 radical (unpaired) electrons. The molecule has 1 saturated heterocycles. The number of thiazole rings is 1. The van der Waals surface area contributed by atoms with E-state index >= 15 is 0 Å². The van der Waals surface area contributed by atoms with Gasteiger partial charge in [-0.05, 0) is 33.1 Å². The Bertz CT molecular complexity index is 442. The average Bonchev–Trinajstić information content (AvgIpc) is 3.00. The third-order valence-electron chi connectivity index (χ3n) is 3.41. The van der Waals surface area contributed by atoms with Gasteiger partial charge in [0.25, 0.3) is 0 Å². The highest BCUT2D eigenvalue weighted by Crippen LogP contribution is 2.17. The number of aromatic nitrogens is 1. The van der Waals surface area contributed by atoms with Crippen molar-refractivity contribution in [1.29, 1.82) is 0 Å². The SMILES string of the molecule is Cc1nc(C)c(CCNC(=O)NCC[C@@H]2CCCO2)s1. The van der Waals surface area contributed by atoms with Gasteiger partial charge in [0, 0.05) is 31.0 Å². The molecule has 1 aromatic rings. The van der Waals surface area contributed by atoms with Crippen LogP contribution in [0.1, 0.15) is 34.8 Å². The molecule has 2 heterocycles. The zero-order valence-corrected chi connectivity index (χ0v) is 13.0. The summed E-state index contributed by atoms with van der Waals surface area (Å²) in [5.41, 5.74) is 1.08. The molecule has 1 atom stereocenters. The first kappa shape index (κ1) is 15.3. The smallest absolute Gasteiger partial charge is 0.314 e. The van der Waals surface area contributed by atoms with Gasteiger partial charge in [-0.25, -0.2) is 9.78 Å². The van der Waals surface area contributed by atoms with Gasteiger partial charge >= 0.3 is 6.03 Å². The predicted octanol–water partition coefficient (Wildman–Crippen LogP) is 2.17. The van der Waals surface area contributed by atoms with Crippen molar-refractivity contribution in [1.82, 2.24) is 15.6 Å². The van der Waals surface area contributed by atoms with Gasteiger partial charge in [0.05, 0.1) is 16.8 Å². The Hall–Kier alpha value is -1.14. The number of rotatable bonds is 6. The van der Waals surface area contributed by atoms with E-state index in [-0.39, 0.29) is 6.03 Å². The quantitative estimate of drug-likeness (QED) is 0.846. The van der Waals surface area contributed by atoms with E-state index in [0.717, 1.165) is 43.0 Å². The number of amides is 2. The zero-order chi connectivity index (χ0) is 14.4. The van der Waals surface area contributed by atoms with Crippen molar-refractivity contribution in [3.05, 3.63) is 15.6 Å². The summed E-state index contributed by atoms with van der Waals surface area (Å²) < 4.78 is 5.51. The van der Waals surface area contributed by atoms with Crippen LogP contribution in [0.15, 0.2) is 0 Å². The summed E-state index contributed by atoms with van der Waals surface area (Å²) in [4.78, 5) is 17.3. The number of carbonyl (C=O) groups excluding carboxylic acids is 1. The fraction of sp³-hybridized carbons (Fsp3) is 0.714. The number of nitrogens with zero attached hydrogens (tertiary/aromatic N) is 1. The summed E-state index contributed by atoms with van der Waals surface area (Å²) >= 11 is 1.70. The van der Waals surface area contributed by atoms with Gasteiger partial charge in [0.1, 0.15) is 0 Å². The van der Waals surface area contributed by atoms with Crippen molar-refractivity contribution in [3.63, 3.8) is 0 Å². The van der Waals surface area contributed by atoms with Gasteiger partial charge in [-0.1, -0.05) is 0 Å². The molecular formula is C14H23N3O2S. The van der Waals surface area contributed by atoms with Crippen molar-refractivity contribution >= 4 is 17.4 Å². The van der Waals surface area contributed by atoms with E-state index in [0.29, 0.717) is 19.2 Å². The van der Waals surface area contributed by atoms with Crippen molar-refractivity contribution in [2.75, 3.05) is 19.7 Å². The van der Waals surface area contributed by atoms with Gasteiger partial charge in [-0.3, -0.25) is 0 Å². The van der Waals surface area contributed by atoms with E-state index in [9.17, 15) is 4.79 Å². The zero-order valence-electron chi connectivity index (χ0n) is 12.2. The normalized spacial score (nSPS) is 18.2. The fourth-order valence-corrected chi connectivity index (χ4v) is 3.31. The molecule has 2 rings (SSSR count). The molecule has 0 bridgehead atoms. The maximum atomic E-state index is 11.6. The highest BCUT2D eigenvalue weighted by atomic mass is 32.1. The standard InChI is InChI=1S/C14H23N3O2S/c1-10-13(20-11(2)17-10)6-8-16-14(18)15-7-5-12-4-3-9-19-12/h12H,3-9H2,1-2H3,(H2,15,16,18)/t12-/m0/s1. The molecule has 1 aliphatic heterocycles. The van der Waals surface area contributed by atoms with E-state index in [2.05, 4.69) is 15.6 Å². The molecule has 2 N–H and O–H groups in total. The minimum Gasteiger partial charge on any atom is -0.378 e. The lowest BCUT2D eigenvalue weighted by Gasteiger charge is -2.10. The lowest BCUT2D eigenvalue weighted by Crippen LogP contribution is -2.37. The van der Waals surface area contributed by atoms with Crippen molar-refractivity contribution in [3.8, 4) is 0 Å². The van der Waals surface area contributed by atoms with E-state index in [1.165, 1.54) is 4.88 Å². The highest BCUT2D eigenvalue weighted by molar-refractivity contribution is 7.11. The van der Waals surface area contributed by atoms with Gasteiger partial charge in [0.2, 0.25) is 0 Å². The molecule has 2 amide bonds. The molecule has 0 aliphatic carbocycles. The highest BCUT2D eigenvalue weighted by Gasteiger charge is 2.15. The van der Waals surface area contributed by atoms with Gasteiger partial charge in [-0.15, -0.1) is 11.3 Å². The van der Waals surface area contributed by atoms with E-state index in [1.54, 1.807) is 11.3 Å². The summed E-state index contributed by atoms with van der Waals surface area (Å²) in [5, 5.41) is 6.84. The molecule has 5 nitrogen and oxygen atoms in total. The average molecular weight is 297 g/mol. The molecular weight excluding hydrogens is 274 g/mol. The number of hydrogen-bond acceptors (Lipinski definition) is 4. The fourth-order valence-electron chi connectivity index (χ4n) is 2.38. The van der Waals surface area contributed by atoms with Crippen LogP contribution in [-0.2, 0) is 11.2 Å². The largest absolute Gasteiger partial charge is 0.378 e. The van der Waals surface area contributed by atoms with Crippen LogP contribution in [-0.4, -0.2) is 36.8 Å². The minimum atomic E-state index is -0.0955. The summed E-state index contributed by atoms with van der Waals surface area (Å²) in [6.07, 6.45) is 4.34. The lowest BCUT2D eigenvalue weighted by atomic mass is 10.2. The second-order valence-electron chi connectivity index (χ2n) is 5.10. The van der Waals surface area contributed by atoms with Crippen molar-refractivity contribution in [2.24, 2.45) is 0 Å². The summed E-state index contributed by atoms with van der Waals surface area (Å²) in [6, 6.07) is -0.0955. The van der Waals surface area contributed by atoms with Crippen LogP contribution in [0.4, 0.5) is 4.79 Å². The molecule has 0 unspecified atom stereocenters. The molecule has 0 aromatic carbocycles. The molecule has 0 spiro atoms. The Morgan fingerprint density at radius 3 is 2.85 bits per heavy atom. The molecule has 20 heavy (non-hydrogen) atoms. The molecule has 0 saturated carbocycles. The Morgan fingerprint density at radius 2 is 2.20 bits per heavy atom. The topological polar surface area (TPSA) is 63.2 Å². The Labute approximate surface area is 124 Å². The molecule has 112 valence electrons. The third-order valence-corrected chi connectivity index (χ3v) is 4.55. The Morgan fingerprint density at radius 1 is 1.40 bits per heavy atom. The van der Waals surface area contributed by atoms with Crippen LogP contribution in [0.25, 0.3) is 0 Å². The molecule has 6 heteroatoms. The number of nitrogens with one attached hydrogen (secondary N) is 2. The minimum absolute atomic E-state index is 0.0955. The second-order valence-corrected chi connectivity index (χ2v) is 6.39. The Balaban J connectivity index is 1.56. The van der Waals surface area contributed by atoms with Gasteiger partial charge in [0.15, 0.2) is 0 Å². The number of aryl methyl sites for hydroxylation is 2. The molecule has 1 fully saturated rings. The molecule has 1 aromatic heterocycles. The van der Waals surface area contributed by atoms with Gasteiger partial charge in [-0.2, -0.15) is 0 Å². The van der Waals surface area contributed by atoms with Crippen molar-refractivity contribution < 1.29 is 9.53 Å². The van der Waals surface area contributed by atoms with Crippen molar-refractivity contribution in [2.45, 2.75) is 45.6 Å².